The summed E-state index contributed by atoms with van der Waals surface area (Å²) in [7, 11) is 5.69. The van der Waals surface area contributed by atoms with Gasteiger partial charge in [0.25, 0.3) is 0 Å². The third-order valence-corrected chi connectivity index (χ3v) is 4.63. The predicted octanol–water partition coefficient (Wildman–Crippen LogP) is 4.72. The van der Waals surface area contributed by atoms with Crippen LogP contribution in [0.3, 0.4) is 0 Å². The molecule has 0 aliphatic rings. The first-order valence-corrected chi connectivity index (χ1v) is 9.20. The molecule has 0 saturated heterocycles. The molecule has 0 fully saturated rings. The van der Waals surface area contributed by atoms with Gasteiger partial charge in [-0.25, -0.2) is 0 Å². The van der Waals surface area contributed by atoms with Crippen molar-refractivity contribution >= 4 is 13.3 Å². The van der Waals surface area contributed by atoms with E-state index in [1.54, 1.807) is 24.3 Å². The van der Waals surface area contributed by atoms with Gasteiger partial charge >= 0.3 is 12.7 Å². The van der Waals surface area contributed by atoms with E-state index in [2.05, 4.69) is 9.47 Å². The smallest absolute Gasteiger partial charge is 0.406 e. The summed E-state index contributed by atoms with van der Waals surface area (Å²) in [5.74, 6) is -1.02. The van der Waals surface area contributed by atoms with E-state index in [4.69, 9.17) is 13.6 Å². The fraction of sp³-hybridized carbons (Fsp3) is 0.182. The Morgan fingerprint density at radius 3 is 1.53 bits per heavy atom. The average Bonchev–Trinajstić information content (AvgIpc) is 2.67. The summed E-state index contributed by atoms with van der Waals surface area (Å²) in [6.07, 6.45) is -9.81. The van der Waals surface area contributed by atoms with Crippen molar-refractivity contribution in [3.05, 3.63) is 89.5 Å². The third-order valence-electron chi connectivity index (χ3n) is 4.63. The van der Waals surface area contributed by atoms with Crippen LogP contribution < -0.4 is 20.7 Å². The van der Waals surface area contributed by atoms with E-state index in [9.17, 15) is 26.3 Å². The van der Waals surface area contributed by atoms with Crippen molar-refractivity contribution in [3.8, 4) is 11.5 Å². The molecule has 0 aliphatic carbocycles. The quantitative estimate of drug-likeness (QED) is 0.436. The SMILES string of the molecule is [B]c1ccc(CC(N)(c2cccc(OC(F)(F)F)c2)c2cccc(OC(F)(F)F)c2)cc1. The third kappa shape index (κ3) is 6.19. The van der Waals surface area contributed by atoms with Gasteiger partial charge < -0.3 is 15.2 Å². The lowest BCUT2D eigenvalue weighted by molar-refractivity contribution is -0.275. The molecule has 32 heavy (non-hydrogen) atoms. The second-order valence-electron chi connectivity index (χ2n) is 7.04. The summed E-state index contributed by atoms with van der Waals surface area (Å²) >= 11 is 0. The molecule has 0 saturated carbocycles. The molecule has 0 bridgehead atoms. The Balaban J connectivity index is 2.09. The Kier molecular flexibility index (Phi) is 6.45. The molecule has 3 aromatic carbocycles. The molecule has 0 unspecified atom stereocenters. The predicted molar refractivity (Wildman–Crippen MR) is 107 cm³/mol. The number of hydrogen-bond acceptors (Lipinski definition) is 3. The van der Waals surface area contributed by atoms with E-state index in [0.717, 1.165) is 24.3 Å². The van der Waals surface area contributed by atoms with Crippen molar-refractivity contribution in [2.75, 3.05) is 0 Å². The van der Waals surface area contributed by atoms with Crippen LogP contribution in [0.4, 0.5) is 26.3 Å². The van der Waals surface area contributed by atoms with Crippen molar-refractivity contribution in [3.63, 3.8) is 0 Å². The maximum atomic E-state index is 12.7. The fourth-order valence-corrected chi connectivity index (χ4v) is 3.27. The molecule has 3 nitrogen and oxygen atoms in total. The van der Waals surface area contributed by atoms with Gasteiger partial charge in [-0.15, -0.1) is 26.3 Å². The molecule has 0 atom stereocenters. The monoisotopic (exact) mass is 451 g/mol. The largest absolute Gasteiger partial charge is 0.573 e. The molecular formula is C22H16BF6NO2. The highest BCUT2D eigenvalue weighted by atomic mass is 19.4. The van der Waals surface area contributed by atoms with E-state index < -0.39 is 29.8 Å². The minimum atomic E-state index is -4.92. The molecule has 2 N–H and O–H groups in total. The number of benzene rings is 3. The zero-order chi connectivity index (χ0) is 23.6. The van der Waals surface area contributed by atoms with Crippen LogP contribution in [0, 0.1) is 0 Å². The van der Waals surface area contributed by atoms with Crippen LogP contribution in [0.15, 0.2) is 72.8 Å². The molecule has 166 valence electrons. The summed E-state index contributed by atoms with van der Waals surface area (Å²) in [6, 6.07) is 16.5. The van der Waals surface area contributed by atoms with Crippen LogP contribution in [0.25, 0.3) is 0 Å². The van der Waals surface area contributed by atoms with Crippen LogP contribution in [0.2, 0.25) is 0 Å². The number of hydrogen-bond donors (Lipinski definition) is 1. The van der Waals surface area contributed by atoms with E-state index in [0.29, 0.717) is 11.0 Å². The van der Waals surface area contributed by atoms with Gasteiger partial charge in [0.2, 0.25) is 0 Å². The first-order chi connectivity index (χ1) is 14.8. The number of alkyl halides is 6. The van der Waals surface area contributed by atoms with Crippen molar-refractivity contribution in [1.29, 1.82) is 0 Å². The zero-order valence-electron chi connectivity index (χ0n) is 16.4. The van der Waals surface area contributed by atoms with Gasteiger partial charge in [0.15, 0.2) is 0 Å². The molecule has 0 amide bonds. The summed E-state index contributed by atoms with van der Waals surface area (Å²) in [5.41, 5.74) is 6.68. The Morgan fingerprint density at radius 2 is 1.12 bits per heavy atom. The Labute approximate surface area is 181 Å². The number of halogens is 6. The zero-order valence-corrected chi connectivity index (χ0v) is 16.4. The molecular weight excluding hydrogens is 435 g/mol. The normalized spacial score (nSPS) is 12.5. The maximum absolute atomic E-state index is 12.7. The van der Waals surface area contributed by atoms with Crippen molar-refractivity contribution < 1.29 is 35.8 Å². The minimum absolute atomic E-state index is 0.0399. The van der Waals surface area contributed by atoms with Crippen LogP contribution in [-0.2, 0) is 12.0 Å². The average molecular weight is 451 g/mol. The van der Waals surface area contributed by atoms with Gasteiger partial charge in [0.05, 0.1) is 5.54 Å². The summed E-state index contributed by atoms with van der Waals surface area (Å²) in [6.45, 7) is 0. The fourth-order valence-electron chi connectivity index (χ4n) is 3.27. The highest BCUT2D eigenvalue weighted by molar-refractivity contribution is 6.32. The number of rotatable bonds is 6. The van der Waals surface area contributed by atoms with E-state index in [1.807, 2.05) is 0 Å². The minimum Gasteiger partial charge on any atom is -0.406 e. The molecule has 2 radical (unpaired) electrons. The van der Waals surface area contributed by atoms with Gasteiger partial charge in [-0.05, 0) is 47.4 Å². The van der Waals surface area contributed by atoms with Crippen LogP contribution in [0.5, 0.6) is 11.5 Å². The van der Waals surface area contributed by atoms with Gasteiger partial charge in [-0.3, -0.25) is 0 Å². The van der Waals surface area contributed by atoms with Crippen molar-refractivity contribution in [2.24, 2.45) is 5.73 Å². The Bertz CT molecular complexity index is 1010. The molecule has 3 aromatic rings. The van der Waals surface area contributed by atoms with Crippen molar-refractivity contribution in [1.82, 2.24) is 0 Å². The van der Waals surface area contributed by atoms with Gasteiger partial charge in [0, 0.05) is 0 Å². The maximum Gasteiger partial charge on any atom is 0.573 e. The van der Waals surface area contributed by atoms with Crippen LogP contribution in [-0.4, -0.2) is 20.6 Å². The molecule has 0 heterocycles. The lowest BCUT2D eigenvalue weighted by Crippen LogP contribution is -2.40. The second-order valence-corrected chi connectivity index (χ2v) is 7.04. The summed E-state index contributed by atoms with van der Waals surface area (Å²) in [4.78, 5) is 0. The lowest BCUT2D eigenvalue weighted by atomic mass is 9.78. The highest BCUT2D eigenvalue weighted by Gasteiger charge is 2.35. The molecule has 0 spiro atoms. The molecule has 3 rings (SSSR count). The number of ether oxygens (including phenoxy) is 2. The summed E-state index contributed by atoms with van der Waals surface area (Å²) < 4.78 is 84.2. The lowest BCUT2D eigenvalue weighted by Gasteiger charge is -2.32. The highest BCUT2D eigenvalue weighted by Crippen LogP contribution is 2.36. The van der Waals surface area contributed by atoms with E-state index >= 15 is 0 Å². The number of nitrogens with two attached hydrogens (primary N) is 1. The standard InChI is InChI=1S/C22H16BF6NO2/c23-17-9-7-14(8-10-17)13-20(30,15-3-1-5-18(11-15)31-21(24,25)26)16-4-2-6-19(12-16)32-22(27,28)29/h1-12H,13,30H2. The van der Waals surface area contributed by atoms with Crippen LogP contribution in [0.1, 0.15) is 16.7 Å². The Morgan fingerprint density at radius 1 is 0.688 bits per heavy atom. The van der Waals surface area contributed by atoms with E-state index in [-0.39, 0.29) is 17.5 Å². The van der Waals surface area contributed by atoms with Gasteiger partial charge in [-0.1, -0.05) is 54.0 Å². The second kappa shape index (κ2) is 8.78. The van der Waals surface area contributed by atoms with Crippen LogP contribution >= 0.6 is 0 Å². The first-order valence-electron chi connectivity index (χ1n) is 9.20. The Hall–Kier alpha value is -3.14. The molecule has 0 aromatic heterocycles. The van der Waals surface area contributed by atoms with Gasteiger partial charge in [-0.2, -0.15) is 0 Å². The topological polar surface area (TPSA) is 44.5 Å². The molecule has 10 heteroatoms. The first kappa shape index (κ1) is 23.5. The van der Waals surface area contributed by atoms with Gasteiger partial charge in [0.1, 0.15) is 19.3 Å². The van der Waals surface area contributed by atoms with Crippen molar-refractivity contribution in [2.45, 2.75) is 24.7 Å². The summed E-state index contributed by atoms with van der Waals surface area (Å²) in [5, 5.41) is 0. The molecule has 0 aliphatic heterocycles. The van der Waals surface area contributed by atoms with E-state index in [1.165, 1.54) is 24.3 Å².